The van der Waals surface area contributed by atoms with E-state index in [1.165, 1.54) is 11.5 Å². The third-order valence-electron chi connectivity index (χ3n) is 1.25. The van der Waals surface area contributed by atoms with Gasteiger partial charge in [0.25, 0.3) is 0 Å². The molecule has 0 fully saturated rings. The lowest BCUT2D eigenvalue weighted by Gasteiger charge is -1.98. The van der Waals surface area contributed by atoms with E-state index in [0.717, 1.165) is 10.6 Å². The van der Waals surface area contributed by atoms with Crippen molar-refractivity contribution in [2.75, 3.05) is 0 Å². The summed E-state index contributed by atoms with van der Waals surface area (Å²) in [7, 11) is 0. The van der Waals surface area contributed by atoms with E-state index >= 15 is 0 Å². The minimum Gasteiger partial charge on any atom is -0.143 e. The fourth-order valence-corrected chi connectivity index (χ4v) is 1.68. The largest absolute Gasteiger partial charge is 0.143 e. The molecule has 1 aromatic rings. The van der Waals surface area contributed by atoms with Gasteiger partial charge in [0.05, 0.1) is 16.5 Å². The molecule has 0 aliphatic rings. The highest BCUT2D eigenvalue weighted by Crippen LogP contribution is 2.20. The number of halogens is 1. The van der Waals surface area contributed by atoms with Gasteiger partial charge in [0, 0.05) is 0 Å². The van der Waals surface area contributed by atoms with Gasteiger partial charge in [-0.15, -0.1) is 16.7 Å². The van der Waals surface area contributed by atoms with Crippen LogP contribution in [0.5, 0.6) is 0 Å². The second-order valence-corrected chi connectivity index (χ2v) is 3.48. The molecule has 0 saturated heterocycles. The second kappa shape index (κ2) is 3.30. The monoisotopic (exact) mass is 176 g/mol. The van der Waals surface area contributed by atoms with Crippen molar-refractivity contribution in [3.8, 4) is 0 Å². The molecule has 0 unspecified atom stereocenters. The molecule has 1 heterocycles. The molecule has 0 bridgehead atoms. The van der Waals surface area contributed by atoms with Crippen LogP contribution in [0.4, 0.5) is 0 Å². The summed E-state index contributed by atoms with van der Waals surface area (Å²) in [4.78, 5) is 1.09. The molecular formula is C6H9ClN2S. The molecule has 0 radical (unpaired) electrons. The molecule has 0 aromatic carbocycles. The molecule has 56 valence electrons. The Bertz CT molecular complexity index is 209. The molecule has 4 heteroatoms. The Kier molecular flexibility index (Phi) is 2.63. The molecule has 0 N–H and O–H groups in total. The molecule has 2 nitrogen and oxygen atoms in total. The number of nitrogens with zero attached hydrogens (tertiary/aromatic N) is 2. The molecule has 1 aromatic heterocycles. The van der Waals surface area contributed by atoms with Crippen LogP contribution in [-0.2, 0) is 5.88 Å². The van der Waals surface area contributed by atoms with Crippen LogP contribution >= 0.6 is 23.1 Å². The highest BCUT2D eigenvalue weighted by molar-refractivity contribution is 7.05. The van der Waals surface area contributed by atoms with Crippen molar-refractivity contribution in [1.82, 2.24) is 9.59 Å². The summed E-state index contributed by atoms with van der Waals surface area (Å²) in [5, 5.41) is 3.97. The highest BCUT2D eigenvalue weighted by Gasteiger charge is 2.09. The Labute approximate surface area is 69.4 Å². The molecular weight excluding hydrogens is 168 g/mol. The molecule has 0 atom stereocenters. The summed E-state index contributed by atoms with van der Waals surface area (Å²) in [5.41, 5.74) is 1.04. The summed E-state index contributed by atoms with van der Waals surface area (Å²) in [6, 6.07) is 0. The van der Waals surface area contributed by atoms with E-state index in [1.54, 1.807) is 0 Å². The smallest absolute Gasteiger partial charge is 0.0825 e. The van der Waals surface area contributed by atoms with Crippen molar-refractivity contribution in [2.24, 2.45) is 0 Å². The van der Waals surface area contributed by atoms with E-state index in [1.807, 2.05) is 0 Å². The highest BCUT2D eigenvalue weighted by atomic mass is 35.5. The standard InChI is InChI=1S/C6H9ClN2S/c1-4(2)6-5(3-7)10-9-8-6/h4H,3H2,1-2H3. The van der Waals surface area contributed by atoms with E-state index in [2.05, 4.69) is 23.4 Å². The zero-order valence-electron chi connectivity index (χ0n) is 5.97. The maximum atomic E-state index is 5.65. The van der Waals surface area contributed by atoms with Gasteiger partial charge in [0.1, 0.15) is 0 Å². The van der Waals surface area contributed by atoms with E-state index in [0.29, 0.717) is 11.8 Å². The van der Waals surface area contributed by atoms with E-state index in [9.17, 15) is 0 Å². The average Bonchev–Trinajstić information content (AvgIpc) is 2.33. The molecule has 0 aliphatic heterocycles. The Morgan fingerprint density at radius 1 is 1.60 bits per heavy atom. The van der Waals surface area contributed by atoms with Gasteiger partial charge in [0.15, 0.2) is 0 Å². The Morgan fingerprint density at radius 2 is 2.30 bits per heavy atom. The van der Waals surface area contributed by atoms with Crippen LogP contribution in [0.3, 0.4) is 0 Å². The van der Waals surface area contributed by atoms with E-state index in [-0.39, 0.29) is 0 Å². The molecule has 10 heavy (non-hydrogen) atoms. The first-order chi connectivity index (χ1) is 4.75. The van der Waals surface area contributed by atoms with Crippen LogP contribution in [0.1, 0.15) is 30.3 Å². The minimum absolute atomic E-state index is 0.437. The third-order valence-corrected chi connectivity index (χ3v) is 2.42. The van der Waals surface area contributed by atoms with Gasteiger partial charge in [-0.25, -0.2) is 0 Å². The first-order valence-electron chi connectivity index (χ1n) is 3.12. The zero-order chi connectivity index (χ0) is 7.56. The third kappa shape index (κ3) is 1.47. The van der Waals surface area contributed by atoms with Gasteiger partial charge >= 0.3 is 0 Å². The predicted molar refractivity (Wildman–Crippen MR) is 43.6 cm³/mol. The van der Waals surface area contributed by atoms with Crippen LogP contribution < -0.4 is 0 Å². The lowest BCUT2D eigenvalue weighted by atomic mass is 10.1. The molecule has 0 amide bonds. The lowest BCUT2D eigenvalue weighted by Crippen LogP contribution is -1.90. The summed E-state index contributed by atoms with van der Waals surface area (Å²) >= 11 is 7.03. The first kappa shape index (κ1) is 7.95. The molecule has 0 spiro atoms. The number of hydrogen-bond donors (Lipinski definition) is 0. The van der Waals surface area contributed by atoms with E-state index in [4.69, 9.17) is 11.6 Å². The Hall–Kier alpha value is -0.150. The fraction of sp³-hybridized carbons (Fsp3) is 0.667. The van der Waals surface area contributed by atoms with Crippen molar-refractivity contribution >= 4 is 23.1 Å². The minimum atomic E-state index is 0.437. The van der Waals surface area contributed by atoms with Crippen molar-refractivity contribution in [3.05, 3.63) is 10.6 Å². The van der Waals surface area contributed by atoms with Crippen LogP contribution in [0.25, 0.3) is 0 Å². The van der Waals surface area contributed by atoms with Gasteiger partial charge in [-0.1, -0.05) is 18.3 Å². The van der Waals surface area contributed by atoms with Crippen molar-refractivity contribution in [2.45, 2.75) is 25.6 Å². The predicted octanol–water partition coefficient (Wildman–Crippen LogP) is 2.40. The van der Waals surface area contributed by atoms with Crippen molar-refractivity contribution in [3.63, 3.8) is 0 Å². The van der Waals surface area contributed by atoms with Crippen LogP contribution in [0, 0.1) is 0 Å². The van der Waals surface area contributed by atoms with Gasteiger partial charge < -0.3 is 0 Å². The summed E-state index contributed by atoms with van der Waals surface area (Å²) in [6.07, 6.45) is 0. The maximum absolute atomic E-state index is 5.65. The van der Waals surface area contributed by atoms with Gasteiger partial charge in [0.2, 0.25) is 0 Å². The van der Waals surface area contributed by atoms with Crippen LogP contribution in [-0.4, -0.2) is 9.59 Å². The maximum Gasteiger partial charge on any atom is 0.0825 e. The van der Waals surface area contributed by atoms with Crippen LogP contribution in [0.2, 0.25) is 0 Å². The van der Waals surface area contributed by atoms with Gasteiger partial charge in [-0.05, 0) is 17.5 Å². The topological polar surface area (TPSA) is 25.8 Å². The lowest BCUT2D eigenvalue weighted by molar-refractivity contribution is 0.803. The Balaban J connectivity index is 2.90. The second-order valence-electron chi connectivity index (χ2n) is 2.37. The fourth-order valence-electron chi connectivity index (χ4n) is 0.747. The van der Waals surface area contributed by atoms with Gasteiger partial charge in [-0.2, -0.15) is 0 Å². The SMILES string of the molecule is CC(C)c1nnsc1CCl. The molecule has 1 rings (SSSR count). The summed E-state index contributed by atoms with van der Waals surface area (Å²) < 4.78 is 3.82. The van der Waals surface area contributed by atoms with Crippen molar-refractivity contribution < 1.29 is 0 Å². The number of hydrogen-bond acceptors (Lipinski definition) is 3. The molecule has 0 aliphatic carbocycles. The first-order valence-corrected chi connectivity index (χ1v) is 4.43. The van der Waals surface area contributed by atoms with Gasteiger partial charge in [-0.3, -0.25) is 0 Å². The summed E-state index contributed by atoms with van der Waals surface area (Å²) in [6.45, 7) is 4.18. The van der Waals surface area contributed by atoms with Crippen LogP contribution in [0.15, 0.2) is 0 Å². The average molecular weight is 177 g/mol. The number of rotatable bonds is 2. The number of aromatic nitrogens is 2. The Morgan fingerprint density at radius 3 is 2.70 bits per heavy atom. The zero-order valence-corrected chi connectivity index (χ0v) is 7.54. The normalized spacial score (nSPS) is 10.8. The van der Waals surface area contributed by atoms with Crippen molar-refractivity contribution in [1.29, 1.82) is 0 Å². The molecule has 0 saturated carbocycles. The quantitative estimate of drug-likeness (QED) is 0.647. The number of alkyl halides is 1. The summed E-state index contributed by atoms with van der Waals surface area (Å²) in [5.74, 6) is 0.970. The van der Waals surface area contributed by atoms with E-state index < -0.39 is 0 Å².